The molecule has 1 aliphatic carbocycles. The minimum atomic E-state index is -0.0458. The van der Waals surface area contributed by atoms with Crippen LogP contribution in [0.2, 0.25) is 0 Å². The Morgan fingerprint density at radius 2 is 2.17 bits per heavy atom. The number of aromatic nitrogens is 2. The molecule has 2 fully saturated rings. The summed E-state index contributed by atoms with van der Waals surface area (Å²) in [6, 6.07) is 1.55. The topological polar surface area (TPSA) is 61.0 Å². The Labute approximate surface area is 107 Å². The molecule has 1 aromatic rings. The van der Waals surface area contributed by atoms with Crippen LogP contribution in [0, 0.1) is 0 Å². The maximum Gasteiger partial charge on any atom is 0.252 e. The van der Waals surface area contributed by atoms with E-state index in [-0.39, 0.29) is 5.56 Å². The zero-order valence-electron chi connectivity index (χ0n) is 10.6. The molecule has 1 saturated heterocycles. The Hall–Kier alpha value is -1.36. The molecule has 0 amide bonds. The van der Waals surface area contributed by atoms with Crippen LogP contribution in [-0.2, 0) is 0 Å². The first kappa shape index (κ1) is 11.7. The van der Waals surface area contributed by atoms with Gasteiger partial charge in [0.1, 0.15) is 11.6 Å². The molecule has 1 aliphatic heterocycles. The number of nitrogens with zero attached hydrogens (tertiary/aromatic N) is 2. The van der Waals surface area contributed by atoms with Gasteiger partial charge in [-0.15, -0.1) is 0 Å². The van der Waals surface area contributed by atoms with E-state index in [0.717, 1.165) is 37.6 Å². The molecule has 5 heteroatoms. The third kappa shape index (κ3) is 2.90. The first-order chi connectivity index (χ1) is 8.81. The second-order valence-corrected chi connectivity index (χ2v) is 5.27. The fraction of sp³-hybridized carbons (Fsp3) is 0.692. The summed E-state index contributed by atoms with van der Waals surface area (Å²) in [6.45, 7) is 4.31. The predicted molar refractivity (Wildman–Crippen MR) is 71.0 cm³/mol. The Balaban J connectivity index is 1.56. The van der Waals surface area contributed by atoms with Crippen LogP contribution in [0.15, 0.2) is 10.9 Å². The fourth-order valence-corrected chi connectivity index (χ4v) is 2.47. The lowest BCUT2D eigenvalue weighted by Crippen LogP contribution is -2.26. The SMILES string of the molecule is O=c1cc(NCCN2CCCC2)nc(C2CC2)[nH]1. The number of H-pyrrole nitrogens is 1. The molecule has 0 unspecified atom stereocenters. The van der Waals surface area contributed by atoms with Gasteiger partial charge in [0.2, 0.25) is 0 Å². The minimum Gasteiger partial charge on any atom is -0.369 e. The summed E-state index contributed by atoms with van der Waals surface area (Å²) in [5.41, 5.74) is -0.0458. The molecule has 0 radical (unpaired) electrons. The molecule has 18 heavy (non-hydrogen) atoms. The first-order valence-electron chi connectivity index (χ1n) is 6.89. The van der Waals surface area contributed by atoms with Crippen LogP contribution in [0.3, 0.4) is 0 Å². The van der Waals surface area contributed by atoms with Crippen molar-refractivity contribution in [1.82, 2.24) is 14.9 Å². The van der Waals surface area contributed by atoms with Crippen molar-refractivity contribution in [3.63, 3.8) is 0 Å². The second-order valence-electron chi connectivity index (χ2n) is 5.27. The standard InChI is InChI=1S/C13H20N4O/c18-12-9-11(15-13(16-12)10-3-4-10)14-5-8-17-6-1-2-7-17/h9-10H,1-8H2,(H2,14,15,16,18). The lowest BCUT2D eigenvalue weighted by molar-refractivity contribution is 0.352. The van der Waals surface area contributed by atoms with Crippen molar-refractivity contribution in [2.75, 3.05) is 31.5 Å². The van der Waals surface area contributed by atoms with E-state index in [0.29, 0.717) is 5.92 Å². The number of nitrogens with one attached hydrogen (secondary N) is 2. The van der Waals surface area contributed by atoms with E-state index >= 15 is 0 Å². The molecule has 3 rings (SSSR count). The number of aromatic amines is 1. The third-order valence-corrected chi connectivity index (χ3v) is 3.66. The summed E-state index contributed by atoms with van der Waals surface area (Å²) in [5.74, 6) is 2.06. The van der Waals surface area contributed by atoms with Crippen LogP contribution in [0.25, 0.3) is 0 Å². The van der Waals surface area contributed by atoms with Gasteiger partial charge in [0.05, 0.1) is 0 Å². The summed E-state index contributed by atoms with van der Waals surface area (Å²) >= 11 is 0. The van der Waals surface area contributed by atoms with Crippen LogP contribution in [0.5, 0.6) is 0 Å². The quantitative estimate of drug-likeness (QED) is 0.820. The first-order valence-corrected chi connectivity index (χ1v) is 6.89. The predicted octanol–water partition coefficient (Wildman–Crippen LogP) is 1.15. The fourth-order valence-electron chi connectivity index (χ4n) is 2.47. The minimum absolute atomic E-state index is 0.0458. The molecular formula is C13H20N4O. The van der Waals surface area contributed by atoms with Crippen molar-refractivity contribution in [2.45, 2.75) is 31.6 Å². The highest BCUT2D eigenvalue weighted by Gasteiger charge is 2.26. The molecule has 0 bridgehead atoms. The molecule has 5 nitrogen and oxygen atoms in total. The summed E-state index contributed by atoms with van der Waals surface area (Å²) < 4.78 is 0. The summed E-state index contributed by atoms with van der Waals surface area (Å²) in [6.07, 6.45) is 4.94. The average molecular weight is 248 g/mol. The van der Waals surface area contributed by atoms with E-state index in [1.807, 2.05) is 0 Å². The highest BCUT2D eigenvalue weighted by Crippen LogP contribution is 2.37. The molecule has 2 heterocycles. The Morgan fingerprint density at radius 3 is 2.89 bits per heavy atom. The molecule has 2 N–H and O–H groups in total. The van der Waals surface area contributed by atoms with E-state index in [1.165, 1.54) is 25.9 Å². The van der Waals surface area contributed by atoms with Gasteiger partial charge < -0.3 is 15.2 Å². The van der Waals surface area contributed by atoms with Crippen molar-refractivity contribution < 1.29 is 0 Å². The average Bonchev–Trinajstić information content (AvgIpc) is 3.08. The lowest BCUT2D eigenvalue weighted by Gasteiger charge is -2.15. The van der Waals surface area contributed by atoms with Gasteiger partial charge in [0.15, 0.2) is 0 Å². The van der Waals surface area contributed by atoms with E-state index in [2.05, 4.69) is 20.2 Å². The van der Waals surface area contributed by atoms with Gasteiger partial charge in [-0.25, -0.2) is 4.98 Å². The van der Waals surface area contributed by atoms with Crippen molar-refractivity contribution in [2.24, 2.45) is 0 Å². The van der Waals surface area contributed by atoms with Gasteiger partial charge in [0.25, 0.3) is 5.56 Å². The smallest absolute Gasteiger partial charge is 0.252 e. The van der Waals surface area contributed by atoms with Gasteiger partial charge in [-0.3, -0.25) is 4.79 Å². The highest BCUT2D eigenvalue weighted by molar-refractivity contribution is 5.33. The maximum absolute atomic E-state index is 11.5. The van der Waals surface area contributed by atoms with Crippen LogP contribution in [-0.4, -0.2) is 41.0 Å². The Morgan fingerprint density at radius 1 is 1.39 bits per heavy atom. The maximum atomic E-state index is 11.5. The number of likely N-dealkylation sites (tertiary alicyclic amines) is 1. The normalized spacial score (nSPS) is 20.2. The second kappa shape index (κ2) is 5.10. The van der Waals surface area contributed by atoms with Gasteiger partial charge in [-0.2, -0.15) is 0 Å². The van der Waals surface area contributed by atoms with Gasteiger partial charge in [-0.05, 0) is 38.8 Å². The molecule has 98 valence electrons. The molecule has 0 atom stereocenters. The van der Waals surface area contributed by atoms with Crippen molar-refractivity contribution in [3.05, 3.63) is 22.2 Å². The number of anilines is 1. The Kier molecular flexibility index (Phi) is 3.32. The van der Waals surface area contributed by atoms with E-state index in [1.54, 1.807) is 6.07 Å². The summed E-state index contributed by atoms with van der Waals surface area (Å²) in [5, 5.41) is 3.26. The van der Waals surface area contributed by atoms with Crippen molar-refractivity contribution in [1.29, 1.82) is 0 Å². The van der Waals surface area contributed by atoms with Crippen LogP contribution in [0.4, 0.5) is 5.82 Å². The van der Waals surface area contributed by atoms with Crippen LogP contribution < -0.4 is 10.9 Å². The van der Waals surface area contributed by atoms with Crippen LogP contribution >= 0.6 is 0 Å². The van der Waals surface area contributed by atoms with Gasteiger partial charge in [-0.1, -0.05) is 0 Å². The summed E-state index contributed by atoms with van der Waals surface area (Å²) in [7, 11) is 0. The van der Waals surface area contributed by atoms with Gasteiger partial charge in [0, 0.05) is 25.1 Å². The highest BCUT2D eigenvalue weighted by atomic mass is 16.1. The van der Waals surface area contributed by atoms with Crippen molar-refractivity contribution in [3.8, 4) is 0 Å². The van der Waals surface area contributed by atoms with E-state index in [4.69, 9.17) is 0 Å². The molecule has 1 saturated carbocycles. The zero-order valence-corrected chi connectivity index (χ0v) is 10.6. The lowest BCUT2D eigenvalue weighted by atomic mass is 10.4. The van der Waals surface area contributed by atoms with Gasteiger partial charge >= 0.3 is 0 Å². The van der Waals surface area contributed by atoms with Crippen LogP contribution in [0.1, 0.15) is 37.4 Å². The zero-order chi connectivity index (χ0) is 12.4. The van der Waals surface area contributed by atoms with Crippen molar-refractivity contribution >= 4 is 5.82 Å². The molecule has 2 aliphatic rings. The van der Waals surface area contributed by atoms with E-state index in [9.17, 15) is 4.79 Å². The summed E-state index contributed by atoms with van der Waals surface area (Å²) in [4.78, 5) is 21.3. The molecule has 0 aromatic carbocycles. The largest absolute Gasteiger partial charge is 0.369 e. The third-order valence-electron chi connectivity index (χ3n) is 3.66. The van der Waals surface area contributed by atoms with E-state index < -0.39 is 0 Å². The molecule has 0 spiro atoms. The monoisotopic (exact) mass is 248 g/mol. The molecular weight excluding hydrogens is 228 g/mol. The number of hydrogen-bond acceptors (Lipinski definition) is 4. The Bertz CT molecular complexity index is 460. The number of rotatable bonds is 5. The molecule has 1 aromatic heterocycles. The number of hydrogen-bond donors (Lipinski definition) is 2.